The first kappa shape index (κ1) is 38.8. The maximum absolute atomic E-state index is 14.1. The summed E-state index contributed by atoms with van der Waals surface area (Å²) >= 11 is 0. The lowest BCUT2D eigenvalue weighted by molar-refractivity contribution is -0.163. The number of carboxylic acids is 1. The van der Waals surface area contributed by atoms with Crippen molar-refractivity contribution in [3.8, 4) is 11.5 Å². The number of rotatable bonds is 14. The highest BCUT2D eigenvalue weighted by Crippen LogP contribution is 2.65. The molecule has 17 nitrogen and oxygen atoms in total. The Morgan fingerprint density at radius 3 is 2.65 bits per heavy atom. The lowest BCUT2D eigenvalue weighted by atomic mass is 9.50. The van der Waals surface area contributed by atoms with Crippen molar-refractivity contribution in [3.63, 3.8) is 0 Å². The number of aliphatic imine (C=N–C) groups is 1. The van der Waals surface area contributed by atoms with Gasteiger partial charge in [0.25, 0.3) is 0 Å². The Kier molecular flexibility index (Phi) is 11.1. The molecule has 5 aliphatic rings. The Bertz CT molecular complexity index is 1750. The van der Waals surface area contributed by atoms with E-state index in [1.807, 2.05) is 19.2 Å². The zero-order valence-electron chi connectivity index (χ0n) is 31.0. The number of ketones is 1. The topological polar surface area (TPSA) is 248 Å². The van der Waals surface area contributed by atoms with Crippen LogP contribution in [-0.4, -0.2) is 126 Å². The van der Waals surface area contributed by atoms with Gasteiger partial charge in [0.1, 0.15) is 5.76 Å². The summed E-state index contributed by atoms with van der Waals surface area (Å²) in [6, 6.07) is 2.94. The lowest BCUT2D eigenvalue weighted by Gasteiger charge is -2.61. The summed E-state index contributed by atoms with van der Waals surface area (Å²) in [4.78, 5) is 71.3. The summed E-state index contributed by atoms with van der Waals surface area (Å²) < 4.78 is 18.5. The third kappa shape index (κ3) is 7.06. The summed E-state index contributed by atoms with van der Waals surface area (Å²) in [7, 11) is 3.57. The molecule has 7 atom stereocenters. The maximum atomic E-state index is 14.1. The first-order valence-corrected chi connectivity index (χ1v) is 18.5. The van der Waals surface area contributed by atoms with Crippen molar-refractivity contribution in [1.29, 1.82) is 0 Å². The Morgan fingerprint density at radius 1 is 1.17 bits per heavy atom. The van der Waals surface area contributed by atoms with Gasteiger partial charge in [0, 0.05) is 56.9 Å². The number of likely N-dealkylation sites (N-methyl/N-ethyl adjacent to an activating group) is 1. The number of carboxylic acid groups (broad SMARTS) is 1. The number of amides is 3. The number of carbonyl (C=O) groups excluding carboxylic acids is 4. The molecule has 2 fully saturated rings. The van der Waals surface area contributed by atoms with Crippen LogP contribution in [0.2, 0.25) is 0 Å². The second-order valence-corrected chi connectivity index (χ2v) is 15.1. The van der Waals surface area contributed by atoms with Crippen molar-refractivity contribution in [1.82, 2.24) is 20.4 Å². The summed E-state index contributed by atoms with van der Waals surface area (Å²) in [5.41, 5.74) is 10.7. The van der Waals surface area contributed by atoms with Crippen molar-refractivity contribution in [2.45, 2.75) is 87.5 Å². The van der Waals surface area contributed by atoms with Gasteiger partial charge in [-0.15, -0.1) is 0 Å². The molecule has 2 saturated heterocycles. The first-order valence-electron chi connectivity index (χ1n) is 18.5. The highest BCUT2D eigenvalue weighted by atomic mass is 16.6. The van der Waals surface area contributed by atoms with Gasteiger partial charge in [-0.2, -0.15) is 0 Å². The normalized spacial score (nSPS) is 28.4. The molecule has 294 valence electrons. The van der Waals surface area contributed by atoms with Gasteiger partial charge in [-0.05, 0) is 69.8 Å². The van der Waals surface area contributed by atoms with E-state index in [-0.39, 0.29) is 87.7 Å². The molecule has 3 heterocycles. The van der Waals surface area contributed by atoms with Crippen LogP contribution >= 0.6 is 0 Å². The van der Waals surface area contributed by atoms with E-state index in [0.717, 1.165) is 11.1 Å². The summed E-state index contributed by atoms with van der Waals surface area (Å²) in [5, 5.41) is 27.7. The Labute approximate surface area is 313 Å². The van der Waals surface area contributed by atoms with Gasteiger partial charge in [0.05, 0.1) is 36.6 Å². The number of carbonyl (C=O) groups is 5. The monoisotopic (exact) mass is 753 g/mol. The molecule has 17 heteroatoms. The van der Waals surface area contributed by atoms with Crippen LogP contribution in [0.5, 0.6) is 11.5 Å². The number of hydrogen-bond acceptors (Lipinski definition) is 11. The summed E-state index contributed by atoms with van der Waals surface area (Å²) in [6.07, 6.45) is 2.35. The van der Waals surface area contributed by atoms with Crippen molar-refractivity contribution in [2.75, 3.05) is 46.9 Å². The zero-order chi connectivity index (χ0) is 38.9. The van der Waals surface area contributed by atoms with Gasteiger partial charge in [-0.1, -0.05) is 6.07 Å². The van der Waals surface area contributed by atoms with Gasteiger partial charge < -0.3 is 56.3 Å². The minimum atomic E-state index is -1.19. The predicted molar refractivity (Wildman–Crippen MR) is 194 cm³/mol. The lowest BCUT2D eigenvalue weighted by Crippen LogP contribution is -2.74. The van der Waals surface area contributed by atoms with Crippen LogP contribution in [0.1, 0.15) is 63.0 Å². The highest BCUT2D eigenvalue weighted by molar-refractivity contribution is 5.90. The number of guanidine groups is 1. The summed E-state index contributed by atoms with van der Waals surface area (Å²) in [5.74, 6) is -2.52. The molecule has 8 N–H and O–H groups in total. The van der Waals surface area contributed by atoms with E-state index in [9.17, 15) is 34.2 Å². The number of hydrogen-bond donors (Lipinski definition) is 6. The number of nitrogens with zero attached hydrogens (tertiary/aromatic N) is 3. The van der Waals surface area contributed by atoms with Crippen LogP contribution in [0.4, 0.5) is 4.79 Å². The van der Waals surface area contributed by atoms with E-state index in [2.05, 4.69) is 20.5 Å². The predicted octanol–water partition coefficient (Wildman–Crippen LogP) is 0.156. The molecule has 0 aromatic heterocycles. The highest BCUT2D eigenvalue weighted by Gasteiger charge is 2.72. The third-order valence-electron chi connectivity index (χ3n) is 12.0. The first-order chi connectivity index (χ1) is 25.7. The second-order valence-electron chi connectivity index (χ2n) is 15.1. The minimum absolute atomic E-state index is 0.0595. The Balaban J connectivity index is 1.20. The summed E-state index contributed by atoms with van der Waals surface area (Å²) in [6.45, 7) is 1.96. The molecule has 1 spiro atoms. The third-order valence-corrected chi connectivity index (χ3v) is 12.0. The van der Waals surface area contributed by atoms with E-state index >= 15 is 0 Å². The number of benzene rings is 1. The second kappa shape index (κ2) is 15.5. The number of likely N-dealkylation sites (tertiary alicyclic amines) is 2. The van der Waals surface area contributed by atoms with E-state index in [1.165, 1.54) is 11.8 Å². The van der Waals surface area contributed by atoms with Gasteiger partial charge in [0.15, 0.2) is 29.3 Å². The zero-order valence-corrected chi connectivity index (χ0v) is 31.0. The van der Waals surface area contributed by atoms with Crippen LogP contribution in [-0.2, 0) is 35.8 Å². The fraction of sp³-hybridized carbons (Fsp3) is 0.622. The molecule has 6 rings (SSSR count). The number of Topliss-reactive ketones (excluding diaryl/α,β-unsaturated/α-hetero) is 1. The number of nitrogens with one attached hydrogen (secondary N) is 2. The van der Waals surface area contributed by atoms with Crippen molar-refractivity contribution >= 4 is 35.6 Å². The number of ether oxygens (including phenoxy) is 3. The van der Waals surface area contributed by atoms with Gasteiger partial charge >= 0.3 is 12.1 Å². The molecular weight excluding hydrogens is 702 g/mol. The molecule has 3 aliphatic heterocycles. The van der Waals surface area contributed by atoms with Crippen LogP contribution in [0.3, 0.4) is 0 Å². The quantitative estimate of drug-likeness (QED) is 0.0843. The fourth-order valence-corrected chi connectivity index (χ4v) is 9.26. The largest absolute Gasteiger partial charge is 0.493 e. The fourth-order valence-electron chi connectivity index (χ4n) is 9.26. The Hall–Kier alpha value is -4.90. The van der Waals surface area contributed by atoms with Crippen molar-refractivity contribution in [2.24, 2.45) is 28.3 Å². The molecule has 54 heavy (non-hydrogen) atoms. The van der Waals surface area contributed by atoms with E-state index in [1.54, 1.807) is 13.2 Å². The molecule has 2 bridgehead atoms. The number of methoxy groups -OCH3 is 1. The Morgan fingerprint density at radius 2 is 1.94 bits per heavy atom. The standard InChI is InChI=1S/C37H51N7O10/c1-20(45)41-19-25(46)16-22(5-4-12-40-34(38)39)32(47)42-18-24-15-23(33(48)49)9-13-44(24)35(50)53-27-8-10-37(51)28-17-21-6-7-26(52-3)30-29(21)36(37,31(27)54-30)11-14-43(28)2/h6-8,22-24,28,31,51H,4-5,9-19H2,1-3H3,(H,41,45)(H,42,47)(H,48,49)(H4,38,39,40)/t22-,23?,24?,28-,31-,36+,37-/m1/s1. The smallest absolute Gasteiger partial charge is 0.415 e. The van der Waals surface area contributed by atoms with Crippen LogP contribution in [0.25, 0.3) is 0 Å². The van der Waals surface area contributed by atoms with E-state index in [0.29, 0.717) is 37.3 Å². The van der Waals surface area contributed by atoms with E-state index < -0.39 is 53.0 Å². The minimum Gasteiger partial charge on any atom is -0.493 e. The van der Waals surface area contributed by atoms with Gasteiger partial charge in [-0.3, -0.25) is 24.2 Å². The van der Waals surface area contributed by atoms with Crippen LogP contribution < -0.4 is 31.6 Å². The molecule has 2 unspecified atom stereocenters. The molecule has 1 aromatic carbocycles. The number of piperidine rings is 2. The maximum Gasteiger partial charge on any atom is 0.415 e. The molecule has 3 amide bonds. The van der Waals surface area contributed by atoms with Crippen molar-refractivity contribution in [3.05, 3.63) is 35.1 Å². The van der Waals surface area contributed by atoms with Crippen molar-refractivity contribution < 1.29 is 48.4 Å². The molecule has 1 aromatic rings. The average molecular weight is 754 g/mol. The molecule has 0 saturated carbocycles. The molecule has 2 aliphatic carbocycles. The van der Waals surface area contributed by atoms with Crippen LogP contribution in [0, 0.1) is 11.8 Å². The number of aliphatic carboxylic acids is 1. The average Bonchev–Trinajstić information content (AvgIpc) is 3.49. The van der Waals surface area contributed by atoms with Gasteiger partial charge in [0.2, 0.25) is 11.8 Å². The number of nitrogens with two attached hydrogens (primary N) is 2. The molecular formula is C37H51N7O10. The van der Waals surface area contributed by atoms with Crippen LogP contribution in [0.15, 0.2) is 29.0 Å². The SMILES string of the molecule is COc1ccc2c3c1O[C@@H]1C(OC(=O)N4CCC(C(=O)O)CC4CNC(=O)[C@H](CCCN=C(N)N)CC(=O)CNC(C)=O)=CC[C@@]4(O)[C@@H](C2)N(C)CC[C@]314. The van der Waals surface area contributed by atoms with E-state index in [4.69, 9.17) is 25.7 Å². The number of aliphatic hydroxyl groups is 1. The molecule has 0 radical (unpaired) electrons. The van der Waals surface area contributed by atoms with Gasteiger partial charge in [-0.25, -0.2) is 4.79 Å².